The highest BCUT2D eigenvalue weighted by Gasteiger charge is 2.12. The number of aromatic amines is 1. The number of nitrogens with zero attached hydrogens (tertiary/aromatic N) is 1. The number of anilines is 1. The van der Waals surface area contributed by atoms with Gasteiger partial charge in [-0.15, -0.1) is 0 Å². The highest BCUT2D eigenvalue weighted by atomic mass is 16.2. The van der Waals surface area contributed by atoms with Gasteiger partial charge < -0.3 is 15.2 Å². The van der Waals surface area contributed by atoms with E-state index in [1.807, 2.05) is 36.4 Å². The minimum atomic E-state index is -0.377. The van der Waals surface area contributed by atoms with Crippen molar-refractivity contribution in [3.8, 4) is 0 Å². The molecule has 0 radical (unpaired) electrons. The van der Waals surface area contributed by atoms with Crippen molar-refractivity contribution < 1.29 is 4.79 Å². The number of H-pyrrole nitrogens is 1. The molecule has 5 nitrogen and oxygen atoms in total. The van der Waals surface area contributed by atoms with Crippen LogP contribution in [0, 0.1) is 0 Å². The third-order valence-electron chi connectivity index (χ3n) is 4.55. The maximum Gasteiger partial charge on any atom is 0.261 e. The van der Waals surface area contributed by atoms with E-state index >= 15 is 0 Å². The van der Waals surface area contributed by atoms with Crippen molar-refractivity contribution in [3.05, 3.63) is 88.2 Å². The van der Waals surface area contributed by atoms with E-state index < -0.39 is 0 Å². The standard InChI is InChI=1S/C21H19N3O2/c25-20(18-13-16-7-1-2-9-19(16)23-21(18)26)22-14-15-6-5-8-17(12-15)24-10-3-4-11-24/h1-9,12-13H,10-11,14H2,(H,22,25)(H,23,26). The summed E-state index contributed by atoms with van der Waals surface area (Å²) >= 11 is 0. The van der Waals surface area contributed by atoms with Gasteiger partial charge in [-0.05, 0) is 35.2 Å². The number of nitrogens with one attached hydrogen (secondary N) is 2. The molecule has 2 aromatic carbocycles. The first kappa shape index (κ1) is 16.1. The Morgan fingerprint density at radius 2 is 1.85 bits per heavy atom. The van der Waals surface area contributed by atoms with Gasteiger partial charge in [-0.1, -0.05) is 42.5 Å². The van der Waals surface area contributed by atoms with Crippen molar-refractivity contribution >= 4 is 22.5 Å². The molecule has 1 aliphatic rings. The first-order chi connectivity index (χ1) is 12.7. The number of fused-ring (bicyclic) bond motifs is 1. The zero-order valence-corrected chi connectivity index (χ0v) is 14.2. The molecule has 0 spiro atoms. The molecule has 130 valence electrons. The van der Waals surface area contributed by atoms with Gasteiger partial charge in [0.25, 0.3) is 11.5 Å². The molecule has 0 saturated carbocycles. The van der Waals surface area contributed by atoms with Crippen LogP contribution < -0.4 is 15.8 Å². The minimum Gasteiger partial charge on any atom is -0.364 e. The Morgan fingerprint density at radius 3 is 2.69 bits per heavy atom. The molecule has 3 aromatic rings. The highest BCUT2D eigenvalue weighted by Crippen LogP contribution is 2.18. The number of rotatable bonds is 4. The van der Waals surface area contributed by atoms with Crippen molar-refractivity contribution in [2.45, 2.75) is 6.54 Å². The van der Waals surface area contributed by atoms with Crippen LogP contribution >= 0.6 is 0 Å². The van der Waals surface area contributed by atoms with Gasteiger partial charge >= 0.3 is 0 Å². The number of hydrogen-bond acceptors (Lipinski definition) is 3. The topological polar surface area (TPSA) is 65.2 Å². The van der Waals surface area contributed by atoms with Gasteiger partial charge in [0.1, 0.15) is 5.56 Å². The molecule has 0 fully saturated rings. The minimum absolute atomic E-state index is 0.128. The highest BCUT2D eigenvalue weighted by molar-refractivity contribution is 5.97. The molecule has 5 heteroatoms. The van der Waals surface area contributed by atoms with E-state index in [1.54, 1.807) is 6.07 Å². The Labute approximate surface area is 151 Å². The molecule has 1 amide bonds. The molecule has 0 bridgehead atoms. The summed E-state index contributed by atoms with van der Waals surface area (Å²) < 4.78 is 0. The predicted octanol–water partition coefficient (Wildman–Crippen LogP) is 2.83. The molecule has 26 heavy (non-hydrogen) atoms. The molecule has 1 aliphatic heterocycles. The third kappa shape index (κ3) is 3.24. The molecule has 0 unspecified atom stereocenters. The second-order valence-corrected chi connectivity index (χ2v) is 6.33. The van der Waals surface area contributed by atoms with Crippen LogP contribution in [0.2, 0.25) is 0 Å². The van der Waals surface area contributed by atoms with E-state index in [9.17, 15) is 9.59 Å². The van der Waals surface area contributed by atoms with Crippen molar-refractivity contribution in [2.24, 2.45) is 0 Å². The first-order valence-electron chi connectivity index (χ1n) is 8.60. The van der Waals surface area contributed by atoms with E-state index in [0.29, 0.717) is 6.54 Å². The van der Waals surface area contributed by atoms with Crippen molar-refractivity contribution in [2.75, 3.05) is 18.0 Å². The summed E-state index contributed by atoms with van der Waals surface area (Å²) in [5, 5.41) is 3.68. The zero-order valence-electron chi connectivity index (χ0n) is 14.2. The van der Waals surface area contributed by atoms with Gasteiger partial charge in [-0.3, -0.25) is 9.59 Å². The van der Waals surface area contributed by atoms with Crippen molar-refractivity contribution in [1.82, 2.24) is 10.3 Å². The lowest BCUT2D eigenvalue weighted by Crippen LogP contribution is -2.29. The normalized spacial score (nSPS) is 13.3. The second kappa shape index (κ2) is 6.88. The SMILES string of the molecule is O=C(NCc1cccc(N2CC=CC2)c1)c1cc2ccccc2[nH]c1=O. The van der Waals surface area contributed by atoms with E-state index in [1.165, 1.54) is 0 Å². The fourth-order valence-electron chi connectivity index (χ4n) is 3.15. The van der Waals surface area contributed by atoms with Crippen molar-refractivity contribution in [3.63, 3.8) is 0 Å². The van der Waals surface area contributed by atoms with Crippen LogP contribution in [0.3, 0.4) is 0 Å². The number of amides is 1. The van der Waals surface area contributed by atoms with Crippen LogP contribution in [0.4, 0.5) is 5.69 Å². The molecule has 0 aliphatic carbocycles. The third-order valence-corrected chi connectivity index (χ3v) is 4.55. The smallest absolute Gasteiger partial charge is 0.261 e. The molecule has 2 heterocycles. The van der Waals surface area contributed by atoms with E-state index in [2.05, 4.69) is 39.5 Å². The number of benzene rings is 2. The summed E-state index contributed by atoms with van der Waals surface area (Å²) in [6.45, 7) is 2.19. The van der Waals surface area contributed by atoms with Crippen LogP contribution in [0.5, 0.6) is 0 Å². The number of aromatic nitrogens is 1. The largest absolute Gasteiger partial charge is 0.364 e. The number of pyridine rings is 1. The second-order valence-electron chi connectivity index (χ2n) is 6.33. The van der Waals surface area contributed by atoms with Gasteiger partial charge in [0.05, 0.1) is 0 Å². The molecular weight excluding hydrogens is 326 g/mol. The van der Waals surface area contributed by atoms with Gasteiger partial charge in [0, 0.05) is 30.8 Å². The number of carbonyl (C=O) groups is 1. The van der Waals surface area contributed by atoms with Crippen LogP contribution in [0.1, 0.15) is 15.9 Å². The quantitative estimate of drug-likeness (QED) is 0.715. The lowest BCUT2D eigenvalue weighted by Gasteiger charge is -2.18. The van der Waals surface area contributed by atoms with Crippen LogP contribution in [0.15, 0.2) is 71.5 Å². The van der Waals surface area contributed by atoms with Crippen molar-refractivity contribution in [1.29, 1.82) is 0 Å². The molecule has 0 saturated heterocycles. The zero-order chi connectivity index (χ0) is 17.9. The Balaban J connectivity index is 1.50. The fourth-order valence-corrected chi connectivity index (χ4v) is 3.15. The molecule has 2 N–H and O–H groups in total. The van der Waals surface area contributed by atoms with E-state index in [0.717, 1.165) is 35.2 Å². The Bertz CT molecular complexity index is 1040. The van der Waals surface area contributed by atoms with Gasteiger partial charge in [-0.2, -0.15) is 0 Å². The lowest BCUT2D eigenvalue weighted by atomic mass is 10.1. The maximum atomic E-state index is 12.5. The first-order valence-corrected chi connectivity index (χ1v) is 8.60. The summed E-state index contributed by atoms with van der Waals surface area (Å²) in [6.07, 6.45) is 4.28. The Kier molecular flexibility index (Phi) is 4.27. The Hall–Kier alpha value is -3.34. The summed E-state index contributed by atoms with van der Waals surface area (Å²) in [4.78, 5) is 29.7. The average molecular weight is 345 g/mol. The van der Waals surface area contributed by atoms with Crippen LogP contribution in [-0.4, -0.2) is 24.0 Å². The van der Waals surface area contributed by atoms with Gasteiger partial charge in [0.15, 0.2) is 0 Å². The van der Waals surface area contributed by atoms with Crippen LogP contribution in [-0.2, 0) is 6.54 Å². The molecular formula is C21H19N3O2. The molecule has 0 atom stereocenters. The fraction of sp³-hybridized carbons (Fsp3) is 0.143. The van der Waals surface area contributed by atoms with E-state index in [4.69, 9.17) is 0 Å². The number of carbonyl (C=O) groups excluding carboxylic acids is 1. The van der Waals surface area contributed by atoms with Gasteiger partial charge in [-0.25, -0.2) is 0 Å². The summed E-state index contributed by atoms with van der Waals surface area (Å²) in [5.41, 5.74) is 2.60. The molecule has 1 aromatic heterocycles. The predicted molar refractivity (Wildman–Crippen MR) is 104 cm³/mol. The maximum absolute atomic E-state index is 12.5. The summed E-state index contributed by atoms with van der Waals surface area (Å²) in [6, 6.07) is 17.1. The Morgan fingerprint density at radius 1 is 1.04 bits per heavy atom. The lowest BCUT2D eigenvalue weighted by molar-refractivity contribution is 0.0949. The summed E-state index contributed by atoms with van der Waals surface area (Å²) in [7, 11) is 0. The summed E-state index contributed by atoms with van der Waals surface area (Å²) in [5.74, 6) is -0.370. The van der Waals surface area contributed by atoms with Crippen LogP contribution in [0.25, 0.3) is 10.9 Å². The average Bonchev–Trinajstić information content (AvgIpc) is 3.20. The number of para-hydroxylation sites is 1. The monoisotopic (exact) mass is 345 g/mol. The van der Waals surface area contributed by atoms with Gasteiger partial charge in [0.2, 0.25) is 0 Å². The number of hydrogen-bond donors (Lipinski definition) is 2. The van der Waals surface area contributed by atoms with E-state index in [-0.39, 0.29) is 17.0 Å². The molecule has 4 rings (SSSR count).